The number of hydrogen-bond donors (Lipinski definition) is 0. The van der Waals surface area contributed by atoms with E-state index in [9.17, 15) is 4.79 Å². The molecule has 2 heterocycles. The molecule has 0 spiro atoms. The molecule has 3 aromatic rings. The number of carbonyl (C=O) groups excluding carboxylic acids is 1. The lowest BCUT2D eigenvalue weighted by molar-refractivity contribution is -0.143. The van der Waals surface area contributed by atoms with E-state index in [1.54, 1.807) is 0 Å². The molecule has 132 valence electrons. The van der Waals surface area contributed by atoms with Crippen molar-refractivity contribution in [2.24, 2.45) is 12.0 Å². The zero-order valence-corrected chi connectivity index (χ0v) is 15.9. The first kappa shape index (κ1) is 16.8. The van der Waals surface area contributed by atoms with E-state index in [-0.39, 0.29) is 0 Å². The Morgan fingerprint density at radius 1 is 1.19 bits per heavy atom. The van der Waals surface area contributed by atoms with E-state index < -0.39 is 18.1 Å². The second kappa shape index (κ2) is 6.61. The van der Waals surface area contributed by atoms with Crippen molar-refractivity contribution >= 4 is 38.7 Å². The first-order valence-electron chi connectivity index (χ1n) is 8.21. The molecule has 0 fully saturated rings. The summed E-state index contributed by atoms with van der Waals surface area (Å²) in [7, 11) is 3.33. The van der Waals surface area contributed by atoms with Crippen molar-refractivity contribution in [3.8, 4) is 0 Å². The summed E-state index contributed by atoms with van der Waals surface area (Å²) in [4.78, 5) is 16.8. The highest BCUT2D eigenvalue weighted by atomic mass is 79.9. The van der Waals surface area contributed by atoms with Gasteiger partial charge in [-0.3, -0.25) is 0 Å². The minimum atomic E-state index is -0.735. The molecule has 0 N–H and O–H groups in total. The van der Waals surface area contributed by atoms with Gasteiger partial charge in [-0.25, -0.2) is 9.79 Å². The zero-order chi connectivity index (χ0) is 18.3. The van der Waals surface area contributed by atoms with Gasteiger partial charge in [-0.2, -0.15) is 0 Å². The number of aryl methyl sites for hydroxylation is 1. The minimum Gasteiger partial charge on any atom is -0.467 e. The first-order chi connectivity index (χ1) is 12.6. The summed E-state index contributed by atoms with van der Waals surface area (Å²) in [5.74, 6) is 0.0461. The van der Waals surface area contributed by atoms with Gasteiger partial charge in [-0.1, -0.05) is 34.1 Å². The molecule has 0 amide bonds. The van der Waals surface area contributed by atoms with E-state index in [1.165, 1.54) is 7.11 Å². The molecule has 1 aliphatic heterocycles. The van der Waals surface area contributed by atoms with Crippen LogP contribution >= 0.6 is 15.9 Å². The van der Waals surface area contributed by atoms with Crippen LogP contribution in [0.25, 0.3) is 10.9 Å². The standard InChI is InChI=1S/C20H17BrN2O3/c1-23-15-9-8-14(21)10-13(15)11-16(23)18-17(20(24)25-2)22-19(26-18)12-6-4-3-5-7-12/h3-11,17-18H,1-2H3. The van der Waals surface area contributed by atoms with E-state index in [0.717, 1.165) is 26.6 Å². The lowest BCUT2D eigenvalue weighted by Crippen LogP contribution is -2.26. The molecule has 1 aliphatic rings. The van der Waals surface area contributed by atoms with Crippen LogP contribution in [-0.4, -0.2) is 29.6 Å². The number of esters is 1. The van der Waals surface area contributed by atoms with Crippen molar-refractivity contribution in [2.45, 2.75) is 12.1 Å². The van der Waals surface area contributed by atoms with Crippen molar-refractivity contribution < 1.29 is 14.3 Å². The maximum absolute atomic E-state index is 12.3. The fourth-order valence-corrected chi connectivity index (χ4v) is 3.65. The average Bonchev–Trinajstić information content (AvgIpc) is 3.23. The quantitative estimate of drug-likeness (QED) is 0.610. The van der Waals surface area contributed by atoms with Crippen LogP contribution < -0.4 is 0 Å². The van der Waals surface area contributed by atoms with Crippen LogP contribution in [0.2, 0.25) is 0 Å². The van der Waals surface area contributed by atoms with E-state index in [1.807, 2.05) is 66.2 Å². The topological polar surface area (TPSA) is 52.8 Å². The number of methoxy groups -OCH3 is 1. The highest BCUT2D eigenvalue weighted by Gasteiger charge is 2.40. The summed E-state index contributed by atoms with van der Waals surface area (Å²) in [5, 5.41) is 1.07. The molecule has 0 aliphatic carbocycles. The lowest BCUT2D eigenvalue weighted by Gasteiger charge is -2.17. The Balaban J connectivity index is 1.78. The second-order valence-corrected chi connectivity index (χ2v) is 7.05. The fraction of sp³-hybridized carbons (Fsp3) is 0.200. The maximum Gasteiger partial charge on any atom is 0.335 e. The second-order valence-electron chi connectivity index (χ2n) is 6.14. The molecule has 0 bridgehead atoms. The van der Waals surface area contributed by atoms with Crippen molar-refractivity contribution in [2.75, 3.05) is 7.11 Å². The fourth-order valence-electron chi connectivity index (χ4n) is 3.27. The number of benzene rings is 2. The summed E-state index contributed by atoms with van der Waals surface area (Å²) in [6, 6.07) is 16.9. The van der Waals surface area contributed by atoms with Crippen molar-refractivity contribution in [3.63, 3.8) is 0 Å². The van der Waals surface area contributed by atoms with Crippen LogP contribution in [0.5, 0.6) is 0 Å². The molecule has 0 saturated carbocycles. The molecule has 2 atom stereocenters. The molecule has 26 heavy (non-hydrogen) atoms. The number of nitrogens with zero attached hydrogens (tertiary/aromatic N) is 2. The summed E-state index contributed by atoms with van der Waals surface area (Å²) < 4.78 is 14.1. The third kappa shape index (κ3) is 2.80. The van der Waals surface area contributed by atoms with Crippen molar-refractivity contribution in [3.05, 3.63) is 70.3 Å². The predicted octanol–water partition coefficient (Wildman–Crippen LogP) is 4.00. The third-order valence-corrected chi connectivity index (χ3v) is 5.07. The first-order valence-corrected chi connectivity index (χ1v) is 9.00. The number of carbonyl (C=O) groups is 1. The van der Waals surface area contributed by atoms with Crippen LogP contribution in [0.4, 0.5) is 0 Å². The third-order valence-electron chi connectivity index (χ3n) is 4.58. The number of hydrogen-bond acceptors (Lipinski definition) is 4. The summed E-state index contributed by atoms with van der Waals surface area (Å²) in [6.07, 6.45) is -0.533. The number of aromatic nitrogens is 1. The normalized spacial score (nSPS) is 19.3. The van der Waals surface area contributed by atoms with Gasteiger partial charge in [-0.15, -0.1) is 0 Å². The van der Waals surface area contributed by atoms with Gasteiger partial charge in [0.15, 0.2) is 12.1 Å². The van der Waals surface area contributed by atoms with Crippen molar-refractivity contribution in [1.29, 1.82) is 0 Å². The van der Waals surface area contributed by atoms with Gasteiger partial charge in [0.2, 0.25) is 5.90 Å². The van der Waals surface area contributed by atoms with Gasteiger partial charge in [0.1, 0.15) is 0 Å². The molecule has 2 aromatic carbocycles. The number of aliphatic imine (C=N–C) groups is 1. The Labute approximate surface area is 159 Å². The minimum absolute atomic E-state index is 0.410. The molecule has 2 unspecified atom stereocenters. The lowest BCUT2D eigenvalue weighted by atomic mass is 10.1. The molecule has 0 saturated heterocycles. The van der Waals surface area contributed by atoms with Crippen LogP contribution in [0.1, 0.15) is 17.4 Å². The van der Waals surface area contributed by atoms with Gasteiger partial charge in [0.05, 0.1) is 12.8 Å². The van der Waals surface area contributed by atoms with Gasteiger partial charge in [0.25, 0.3) is 0 Å². The number of ether oxygens (including phenoxy) is 2. The monoisotopic (exact) mass is 412 g/mol. The largest absolute Gasteiger partial charge is 0.467 e. The summed E-state index contributed by atoms with van der Waals surface area (Å²) in [6.45, 7) is 0. The van der Waals surface area contributed by atoms with Crippen molar-refractivity contribution in [1.82, 2.24) is 4.57 Å². The van der Waals surface area contributed by atoms with Gasteiger partial charge >= 0.3 is 5.97 Å². The Kier molecular flexibility index (Phi) is 4.28. The van der Waals surface area contributed by atoms with Crippen LogP contribution in [0.3, 0.4) is 0 Å². The van der Waals surface area contributed by atoms with Gasteiger partial charge in [-0.05, 0) is 36.4 Å². The molecular formula is C20H17BrN2O3. The van der Waals surface area contributed by atoms with Gasteiger partial charge in [0, 0.05) is 28.0 Å². The molecular weight excluding hydrogens is 396 g/mol. The van der Waals surface area contributed by atoms with E-state index in [4.69, 9.17) is 9.47 Å². The molecule has 0 radical (unpaired) electrons. The van der Waals surface area contributed by atoms with E-state index in [2.05, 4.69) is 20.9 Å². The Morgan fingerprint density at radius 2 is 1.96 bits per heavy atom. The SMILES string of the molecule is COC(=O)C1N=C(c2ccccc2)OC1c1cc2cc(Br)ccc2n1C. The van der Waals surface area contributed by atoms with E-state index >= 15 is 0 Å². The molecule has 5 nitrogen and oxygen atoms in total. The predicted molar refractivity (Wildman–Crippen MR) is 103 cm³/mol. The van der Waals surface area contributed by atoms with Gasteiger partial charge < -0.3 is 14.0 Å². The highest BCUT2D eigenvalue weighted by molar-refractivity contribution is 9.10. The number of rotatable bonds is 3. The highest BCUT2D eigenvalue weighted by Crippen LogP contribution is 2.35. The zero-order valence-electron chi connectivity index (χ0n) is 14.3. The summed E-state index contributed by atoms with van der Waals surface area (Å²) >= 11 is 3.50. The Bertz CT molecular complexity index is 1010. The molecule has 6 heteroatoms. The van der Waals surface area contributed by atoms with E-state index in [0.29, 0.717) is 5.90 Å². The van der Waals surface area contributed by atoms with Crippen LogP contribution in [0, 0.1) is 0 Å². The Hall–Kier alpha value is -2.60. The van der Waals surface area contributed by atoms with Crippen LogP contribution in [-0.2, 0) is 21.3 Å². The maximum atomic E-state index is 12.3. The molecule has 1 aromatic heterocycles. The van der Waals surface area contributed by atoms with Crippen LogP contribution in [0.15, 0.2) is 64.1 Å². The average molecular weight is 413 g/mol. The number of fused-ring (bicyclic) bond motifs is 1. The molecule has 4 rings (SSSR count). The summed E-state index contributed by atoms with van der Waals surface area (Å²) in [5.41, 5.74) is 2.78. The Morgan fingerprint density at radius 3 is 2.69 bits per heavy atom. The number of halogens is 1. The smallest absolute Gasteiger partial charge is 0.335 e.